The molecule has 0 saturated carbocycles. The molecule has 3 aromatic carbocycles. The molecule has 9 heteroatoms. The summed E-state index contributed by atoms with van der Waals surface area (Å²) in [6, 6.07) is 19.3. The van der Waals surface area contributed by atoms with Crippen LogP contribution in [-0.4, -0.2) is 67.3 Å². The van der Waals surface area contributed by atoms with E-state index >= 15 is 0 Å². The number of fused-ring (bicyclic) bond motifs is 2. The summed E-state index contributed by atoms with van der Waals surface area (Å²) in [5.74, 6) is 0.263. The lowest BCUT2D eigenvalue weighted by Crippen LogP contribution is -2.60. The molecule has 34 heavy (non-hydrogen) atoms. The molecular weight excluding hydrogens is 440 g/mol. The molecular formula is C25H26N2O7. The molecule has 178 valence electrons. The fraction of sp³-hybridized carbons (Fsp3) is 0.320. The van der Waals surface area contributed by atoms with Crippen molar-refractivity contribution in [1.29, 1.82) is 0 Å². The van der Waals surface area contributed by atoms with E-state index in [1.165, 1.54) is 0 Å². The smallest absolute Gasteiger partial charge is 0.326 e. The first-order chi connectivity index (χ1) is 16.5. The van der Waals surface area contributed by atoms with Gasteiger partial charge in [-0.1, -0.05) is 48.5 Å². The number of imidazole rings is 1. The van der Waals surface area contributed by atoms with Crippen LogP contribution in [0.4, 0.5) is 0 Å². The van der Waals surface area contributed by atoms with Gasteiger partial charge in [-0.3, -0.25) is 4.57 Å². The summed E-state index contributed by atoms with van der Waals surface area (Å²) < 4.78 is 12.9. The number of nitrogens with one attached hydrogen (secondary N) is 1. The number of aliphatic hydroxyl groups excluding tert-OH is 4. The van der Waals surface area contributed by atoms with Gasteiger partial charge in [-0.05, 0) is 34.9 Å². The molecule has 5 unspecified atom stereocenters. The standard InChI is InChI=1S/C25H26N2O7/c28-13-19-21(29)22(30)23(31)24(34-19)33-18-7-3-6-17-20(18)27(25(32)26-17)11-10-14-8-9-15-4-1-2-5-16(15)12-14/h1-9,12,19,21-24,28-31H,10-11,13H2,(H,26,32). The van der Waals surface area contributed by atoms with Crippen LogP contribution in [0.25, 0.3) is 21.8 Å². The number of rotatable bonds is 6. The Labute approximate surface area is 194 Å². The molecule has 5 N–H and O–H groups in total. The minimum atomic E-state index is -1.56. The van der Waals surface area contributed by atoms with E-state index in [0.717, 1.165) is 16.3 Å². The van der Waals surface area contributed by atoms with Crippen LogP contribution in [0.15, 0.2) is 65.5 Å². The van der Waals surface area contributed by atoms with Gasteiger partial charge in [-0.2, -0.15) is 0 Å². The van der Waals surface area contributed by atoms with Crippen LogP contribution in [0.3, 0.4) is 0 Å². The van der Waals surface area contributed by atoms with Crippen LogP contribution in [-0.2, 0) is 17.7 Å². The molecule has 5 atom stereocenters. The number of para-hydroxylation sites is 1. The van der Waals surface area contributed by atoms with E-state index in [4.69, 9.17) is 9.47 Å². The van der Waals surface area contributed by atoms with Gasteiger partial charge in [0.15, 0.2) is 0 Å². The summed E-state index contributed by atoms with van der Waals surface area (Å²) in [6.07, 6.45) is -6.43. The maximum absolute atomic E-state index is 12.7. The maximum Gasteiger partial charge on any atom is 0.326 e. The van der Waals surface area contributed by atoms with E-state index in [0.29, 0.717) is 24.0 Å². The number of aliphatic hydroxyl groups is 4. The summed E-state index contributed by atoms with van der Waals surface area (Å²) >= 11 is 0. The number of aryl methyl sites for hydroxylation is 2. The monoisotopic (exact) mass is 466 g/mol. The lowest BCUT2D eigenvalue weighted by atomic mass is 9.99. The summed E-state index contributed by atoms with van der Waals surface area (Å²) in [6.45, 7) is -0.179. The second-order valence-electron chi connectivity index (χ2n) is 8.48. The number of ether oxygens (including phenoxy) is 2. The molecule has 5 rings (SSSR count). The van der Waals surface area contributed by atoms with Crippen LogP contribution in [0.1, 0.15) is 5.56 Å². The summed E-state index contributed by atoms with van der Waals surface area (Å²) in [5, 5.41) is 42.1. The van der Waals surface area contributed by atoms with Crippen molar-refractivity contribution in [2.45, 2.75) is 43.7 Å². The second-order valence-corrected chi connectivity index (χ2v) is 8.48. The molecule has 1 saturated heterocycles. The minimum Gasteiger partial charge on any atom is -0.460 e. The quantitative estimate of drug-likeness (QED) is 0.285. The maximum atomic E-state index is 12.7. The number of hydrogen-bond donors (Lipinski definition) is 5. The highest BCUT2D eigenvalue weighted by molar-refractivity contribution is 5.83. The van der Waals surface area contributed by atoms with Crippen LogP contribution < -0.4 is 10.4 Å². The lowest BCUT2D eigenvalue weighted by Gasteiger charge is -2.39. The third-order valence-electron chi connectivity index (χ3n) is 6.29. The Morgan fingerprint density at radius 3 is 2.53 bits per heavy atom. The van der Waals surface area contributed by atoms with Crippen molar-refractivity contribution in [3.8, 4) is 5.75 Å². The molecule has 4 aromatic rings. The first-order valence-electron chi connectivity index (χ1n) is 11.1. The van der Waals surface area contributed by atoms with Gasteiger partial charge in [-0.15, -0.1) is 0 Å². The Bertz CT molecular complexity index is 1360. The normalized spacial score (nSPS) is 25.1. The third kappa shape index (κ3) is 4.08. The number of aromatic amines is 1. The first-order valence-corrected chi connectivity index (χ1v) is 11.1. The number of hydrogen-bond acceptors (Lipinski definition) is 7. The molecule has 1 aliphatic heterocycles. The fourth-order valence-electron chi connectivity index (χ4n) is 4.42. The van der Waals surface area contributed by atoms with Gasteiger partial charge < -0.3 is 34.9 Å². The molecule has 1 aromatic heterocycles. The van der Waals surface area contributed by atoms with Crippen molar-refractivity contribution < 1.29 is 29.9 Å². The highest BCUT2D eigenvalue weighted by Crippen LogP contribution is 2.29. The van der Waals surface area contributed by atoms with Gasteiger partial charge in [-0.25, -0.2) is 4.79 Å². The first kappa shape index (κ1) is 22.6. The Hall–Kier alpha value is -3.21. The molecule has 0 radical (unpaired) electrons. The lowest BCUT2D eigenvalue weighted by molar-refractivity contribution is -0.277. The van der Waals surface area contributed by atoms with Gasteiger partial charge in [0.2, 0.25) is 6.29 Å². The Morgan fingerprint density at radius 2 is 1.74 bits per heavy atom. The van der Waals surface area contributed by atoms with E-state index in [-0.39, 0.29) is 11.4 Å². The van der Waals surface area contributed by atoms with Gasteiger partial charge in [0.1, 0.15) is 35.7 Å². The zero-order valence-corrected chi connectivity index (χ0v) is 18.2. The van der Waals surface area contributed by atoms with Gasteiger partial charge in [0.05, 0.1) is 12.1 Å². The molecule has 0 bridgehead atoms. The highest BCUT2D eigenvalue weighted by Gasteiger charge is 2.44. The zero-order chi connectivity index (χ0) is 23.8. The number of benzene rings is 3. The van der Waals surface area contributed by atoms with E-state index in [1.807, 2.05) is 30.3 Å². The molecule has 0 amide bonds. The molecule has 2 heterocycles. The second kappa shape index (κ2) is 9.21. The van der Waals surface area contributed by atoms with Crippen LogP contribution >= 0.6 is 0 Å². The molecule has 1 fully saturated rings. The van der Waals surface area contributed by atoms with Crippen molar-refractivity contribution in [3.05, 3.63) is 76.7 Å². The Kier molecular flexibility index (Phi) is 6.11. The average molecular weight is 466 g/mol. The summed E-state index contributed by atoms with van der Waals surface area (Å²) in [7, 11) is 0. The molecule has 0 aliphatic carbocycles. The van der Waals surface area contributed by atoms with Crippen LogP contribution in [0, 0.1) is 0 Å². The van der Waals surface area contributed by atoms with Crippen molar-refractivity contribution in [3.63, 3.8) is 0 Å². The van der Waals surface area contributed by atoms with Crippen LogP contribution in [0.5, 0.6) is 5.75 Å². The van der Waals surface area contributed by atoms with E-state index in [2.05, 4.69) is 17.1 Å². The van der Waals surface area contributed by atoms with Crippen molar-refractivity contribution in [2.75, 3.05) is 6.61 Å². The summed E-state index contributed by atoms with van der Waals surface area (Å²) in [5.41, 5.74) is 1.81. The SMILES string of the molecule is O=c1[nH]c2cccc(OC3OC(CO)C(O)C(O)C3O)c2n1CCc1ccc2ccccc2c1. The predicted octanol–water partition coefficient (Wildman–Crippen LogP) is 0.904. The van der Waals surface area contributed by atoms with E-state index in [9.17, 15) is 25.2 Å². The molecule has 9 nitrogen and oxygen atoms in total. The van der Waals surface area contributed by atoms with Gasteiger partial charge in [0.25, 0.3) is 0 Å². The number of nitrogens with zero attached hydrogens (tertiary/aromatic N) is 1. The summed E-state index contributed by atoms with van der Waals surface area (Å²) in [4.78, 5) is 15.6. The van der Waals surface area contributed by atoms with E-state index in [1.54, 1.807) is 22.8 Å². The number of aromatic nitrogens is 2. The predicted molar refractivity (Wildman–Crippen MR) is 125 cm³/mol. The topological polar surface area (TPSA) is 137 Å². The van der Waals surface area contributed by atoms with Crippen molar-refractivity contribution in [1.82, 2.24) is 9.55 Å². The average Bonchev–Trinajstić information content (AvgIpc) is 3.18. The Morgan fingerprint density at radius 1 is 0.941 bits per heavy atom. The van der Waals surface area contributed by atoms with Gasteiger partial charge >= 0.3 is 5.69 Å². The van der Waals surface area contributed by atoms with Crippen LogP contribution in [0.2, 0.25) is 0 Å². The third-order valence-corrected chi connectivity index (χ3v) is 6.29. The molecule has 1 aliphatic rings. The van der Waals surface area contributed by atoms with Gasteiger partial charge in [0, 0.05) is 6.54 Å². The minimum absolute atomic E-state index is 0.263. The molecule has 0 spiro atoms. The fourth-order valence-corrected chi connectivity index (χ4v) is 4.42. The Balaban J connectivity index is 1.43. The van der Waals surface area contributed by atoms with Crippen molar-refractivity contribution in [2.24, 2.45) is 0 Å². The van der Waals surface area contributed by atoms with E-state index < -0.39 is 37.3 Å². The van der Waals surface area contributed by atoms with Crippen molar-refractivity contribution >= 4 is 21.8 Å². The zero-order valence-electron chi connectivity index (χ0n) is 18.2. The largest absolute Gasteiger partial charge is 0.460 e. The highest BCUT2D eigenvalue weighted by atomic mass is 16.7. The number of H-pyrrole nitrogens is 1.